The maximum Gasteiger partial charge on any atom is 0.213 e. The van der Waals surface area contributed by atoms with Gasteiger partial charge in [-0.1, -0.05) is 12.7 Å². The maximum absolute atomic E-state index is 5.85. The molecule has 0 aliphatic carbocycles. The van der Waals surface area contributed by atoms with Crippen molar-refractivity contribution in [2.45, 2.75) is 25.4 Å². The van der Waals surface area contributed by atoms with E-state index in [-0.39, 0.29) is 5.60 Å². The van der Waals surface area contributed by atoms with Crippen LogP contribution in [0.2, 0.25) is 0 Å². The molecule has 1 aliphatic rings. The van der Waals surface area contributed by atoms with Crippen LogP contribution in [-0.2, 0) is 4.74 Å². The van der Waals surface area contributed by atoms with Crippen molar-refractivity contribution in [2.75, 3.05) is 20.1 Å². The summed E-state index contributed by atoms with van der Waals surface area (Å²) in [6.45, 7) is 11.4. The third-order valence-electron chi connectivity index (χ3n) is 2.81. The summed E-state index contributed by atoms with van der Waals surface area (Å²) >= 11 is 0. The summed E-state index contributed by atoms with van der Waals surface area (Å²) in [5, 5.41) is 0. The molecule has 84 valence electrons. The Bertz CT molecular complexity index is 263. The van der Waals surface area contributed by atoms with Crippen molar-refractivity contribution in [3.63, 3.8) is 0 Å². The van der Waals surface area contributed by atoms with Gasteiger partial charge in [-0.15, -0.1) is 0 Å². The molecule has 1 saturated heterocycles. The van der Waals surface area contributed by atoms with Gasteiger partial charge in [-0.2, -0.15) is 0 Å². The molecule has 0 spiro atoms. The smallest absolute Gasteiger partial charge is 0.213 e. The lowest BCUT2D eigenvalue weighted by Gasteiger charge is -2.37. The molecule has 0 amide bonds. The molecule has 15 heavy (non-hydrogen) atoms. The second kappa shape index (κ2) is 5.12. The van der Waals surface area contributed by atoms with Gasteiger partial charge in [-0.25, -0.2) is 4.99 Å². The van der Waals surface area contributed by atoms with Gasteiger partial charge in [0.15, 0.2) is 0 Å². The van der Waals surface area contributed by atoms with E-state index >= 15 is 0 Å². The molecule has 3 heteroatoms. The van der Waals surface area contributed by atoms with Crippen molar-refractivity contribution in [1.29, 1.82) is 0 Å². The molecular weight excluding hydrogens is 188 g/mol. The predicted molar refractivity (Wildman–Crippen MR) is 64.1 cm³/mol. The Labute approximate surface area is 92.1 Å². The highest BCUT2D eigenvalue weighted by Crippen LogP contribution is 2.27. The van der Waals surface area contributed by atoms with Crippen molar-refractivity contribution in [3.8, 4) is 0 Å². The Balaban J connectivity index is 2.59. The molecule has 0 atom stereocenters. The first-order chi connectivity index (χ1) is 7.09. The van der Waals surface area contributed by atoms with Gasteiger partial charge >= 0.3 is 0 Å². The van der Waals surface area contributed by atoms with E-state index in [0.717, 1.165) is 25.9 Å². The van der Waals surface area contributed by atoms with Crippen molar-refractivity contribution >= 4 is 6.72 Å². The van der Waals surface area contributed by atoms with Crippen molar-refractivity contribution in [1.82, 2.24) is 4.90 Å². The minimum Gasteiger partial charge on any atom is -0.471 e. The van der Waals surface area contributed by atoms with Gasteiger partial charge in [-0.3, -0.25) is 0 Å². The van der Waals surface area contributed by atoms with Crippen LogP contribution >= 0.6 is 0 Å². The molecule has 0 bridgehead atoms. The van der Waals surface area contributed by atoms with E-state index < -0.39 is 0 Å². The van der Waals surface area contributed by atoms with Gasteiger partial charge in [0.05, 0.1) is 0 Å². The van der Waals surface area contributed by atoms with E-state index in [0.29, 0.717) is 5.88 Å². The molecule has 0 aromatic carbocycles. The van der Waals surface area contributed by atoms with E-state index in [4.69, 9.17) is 4.74 Å². The first-order valence-electron chi connectivity index (χ1n) is 5.27. The lowest BCUT2D eigenvalue weighted by Crippen LogP contribution is -2.42. The number of allylic oxidation sites excluding steroid dienone is 2. The fraction of sp³-hybridized carbons (Fsp3) is 0.583. The number of aliphatic imine (C=N–C) groups is 1. The lowest BCUT2D eigenvalue weighted by atomic mass is 9.94. The molecule has 1 rings (SSSR count). The van der Waals surface area contributed by atoms with E-state index in [1.165, 1.54) is 0 Å². The molecule has 0 N–H and O–H groups in total. The van der Waals surface area contributed by atoms with Crippen LogP contribution < -0.4 is 0 Å². The Hall–Kier alpha value is -1.09. The Morgan fingerprint density at radius 2 is 2.07 bits per heavy atom. The summed E-state index contributed by atoms with van der Waals surface area (Å²) in [6, 6.07) is 0. The van der Waals surface area contributed by atoms with Crippen molar-refractivity contribution < 1.29 is 4.74 Å². The molecule has 0 aromatic heterocycles. The average Bonchev–Trinajstić information content (AvgIpc) is 2.22. The SMILES string of the molecule is C=C/C=C(\N=C)OC1(C)CCN(C)CC1. The molecule has 0 saturated carbocycles. The van der Waals surface area contributed by atoms with Gasteiger partial charge < -0.3 is 9.64 Å². The second-order valence-corrected chi connectivity index (χ2v) is 4.25. The van der Waals surface area contributed by atoms with Crippen molar-refractivity contribution in [2.24, 2.45) is 4.99 Å². The van der Waals surface area contributed by atoms with Crippen LogP contribution in [0.4, 0.5) is 0 Å². The minimum atomic E-state index is -0.109. The number of piperidine rings is 1. The van der Waals surface area contributed by atoms with E-state index in [9.17, 15) is 0 Å². The molecule has 0 aromatic rings. The predicted octanol–water partition coefficient (Wildman–Crippen LogP) is 2.22. The van der Waals surface area contributed by atoms with Gasteiger partial charge in [0.25, 0.3) is 0 Å². The maximum atomic E-state index is 5.85. The van der Waals surface area contributed by atoms with Gasteiger partial charge in [0.2, 0.25) is 5.88 Å². The first-order valence-corrected chi connectivity index (χ1v) is 5.27. The van der Waals surface area contributed by atoms with Crippen molar-refractivity contribution in [3.05, 3.63) is 24.6 Å². The largest absolute Gasteiger partial charge is 0.471 e. The van der Waals surface area contributed by atoms with Gasteiger partial charge in [0, 0.05) is 13.1 Å². The Morgan fingerprint density at radius 3 is 2.53 bits per heavy atom. The molecule has 3 nitrogen and oxygen atoms in total. The third-order valence-corrected chi connectivity index (χ3v) is 2.81. The fourth-order valence-corrected chi connectivity index (χ4v) is 1.67. The summed E-state index contributed by atoms with van der Waals surface area (Å²) in [5.74, 6) is 0.567. The number of rotatable bonds is 4. The highest BCUT2D eigenvalue weighted by molar-refractivity contribution is 5.28. The number of likely N-dealkylation sites (tertiary alicyclic amines) is 1. The quantitative estimate of drug-likeness (QED) is 0.402. The molecular formula is C12H20N2O. The van der Waals surface area contributed by atoms with Crippen LogP contribution in [0.3, 0.4) is 0 Å². The average molecular weight is 208 g/mol. The second-order valence-electron chi connectivity index (χ2n) is 4.25. The molecule has 0 radical (unpaired) electrons. The summed E-state index contributed by atoms with van der Waals surface area (Å²) in [6.07, 6.45) is 5.46. The zero-order valence-electron chi connectivity index (χ0n) is 9.70. The zero-order chi connectivity index (χ0) is 11.3. The van der Waals surface area contributed by atoms with Gasteiger partial charge in [0.1, 0.15) is 5.60 Å². The Morgan fingerprint density at radius 1 is 1.47 bits per heavy atom. The van der Waals surface area contributed by atoms with Gasteiger partial charge in [-0.05, 0) is 39.6 Å². The van der Waals surface area contributed by atoms with Crippen LogP contribution in [0.25, 0.3) is 0 Å². The summed E-state index contributed by atoms with van der Waals surface area (Å²) in [4.78, 5) is 6.15. The fourth-order valence-electron chi connectivity index (χ4n) is 1.67. The summed E-state index contributed by atoms with van der Waals surface area (Å²) in [5.41, 5.74) is -0.109. The normalized spacial score (nSPS) is 22.1. The van der Waals surface area contributed by atoms with Crippen LogP contribution in [-0.4, -0.2) is 37.4 Å². The molecule has 1 aliphatic heterocycles. The monoisotopic (exact) mass is 208 g/mol. The van der Waals surface area contributed by atoms with Crippen LogP contribution in [0.15, 0.2) is 29.6 Å². The van der Waals surface area contributed by atoms with E-state index in [1.54, 1.807) is 12.2 Å². The lowest BCUT2D eigenvalue weighted by molar-refractivity contribution is -0.0292. The zero-order valence-corrected chi connectivity index (χ0v) is 9.70. The number of ether oxygens (including phenoxy) is 1. The number of nitrogens with zero attached hydrogens (tertiary/aromatic N) is 2. The third kappa shape index (κ3) is 3.51. The van der Waals surface area contributed by atoms with Crippen LogP contribution in [0.1, 0.15) is 19.8 Å². The van der Waals surface area contributed by atoms with Crippen LogP contribution in [0.5, 0.6) is 0 Å². The van der Waals surface area contributed by atoms with Crippen LogP contribution in [0, 0.1) is 0 Å². The standard InChI is InChI=1S/C12H20N2O/c1-5-6-11(13-3)15-12(2)7-9-14(4)10-8-12/h5-6H,1,3,7-10H2,2,4H3/b11-6+. The number of hydrogen-bond donors (Lipinski definition) is 0. The summed E-state index contributed by atoms with van der Waals surface area (Å²) < 4.78 is 5.85. The molecule has 1 fully saturated rings. The molecule has 0 unspecified atom stereocenters. The highest BCUT2D eigenvalue weighted by atomic mass is 16.5. The highest BCUT2D eigenvalue weighted by Gasteiger charge is 2.31. The van der Waals surface area contributed by atoms with E-state index in [1.807, 2.05) is 0 Å². The summed E-state index contributed by atoms with van der Waals surface area (Å²) in [7, 11) is 2.13. The number of hydrogen-bond acceptors (Lipinski definition) is 3. The van der Waals surface area contributed by atoms with E-state index in [2.05, 4.69) is 37.2 Å². The Kier molecular flexibility index (Phi) is 4.09. The topological polar surface area (TPSA) is 24.8 Å². The first kappa shape index (κ1) is 12.0. The molecule has 1 heterocycles. The minimum absolute atomic E-state index is 0.109.